The van der Waals surface area contributed by atoms with E-state index >= 15 is 0 Å². The highest BCUT2D eigenvalue weighted by atomic mass is 19.1. The topological polar surface area (TPSA) is 67.7 Å². The summed E-state index contributed by atoms with van der Waals surface area (Å²) < 4.78 is 16.2. The Morgan fingerprint density at radius 1 is 1.19 bits per heavy atom. The maximum Gasteiger partial charge on any atom is 0.224 e. The van der Waals surface area contributed by atoms with E-state index in [4.69, 9.17) is 0 Å². The molecule has 0 atom stereocenters. The van der Waals surface area contributed by atoms with Crippen LogP contribution in [0.15, 0.2) is 30.5 Å². The van der Waals surface area contributed by atoms with Gasteiger partial charge in [0.2, 0.25) is 11.9 Å². The summed E-state index contributed by atoms with van der Waals surface area (Å²) >= 11 is 0. The van der Waals surface area contributed by atoms with E-state index < -0.39 is 0 Å². The number of benzene rings is 1. The first-order chi connectivity index (χ1) is 12.8. The fourth-order valence-corrected chi connectivity index (χ4v) is 3.49. The van der Waals surface area contributed by atoms with Crippen LogP contribution < -0.4 is 10.6 Å². The maximum atomic E-state index is 14.1. The molecule has 0 aliphatic heterocycles. The second-order valence-electron chi connectivity index (χ2n) is 6.68. The van der Waals surface area contributed by atoms with Gasteiger partial charge in [0, 0.05) is 12.6 Å². The minimum atomic E-state index is -0.297. The van der Waals surface area contributed by atoms with Gasteiger partial charge in [-0.2, -0.15) is 4.98 Å². The Morgan fingerprint density at radius 3 is 2.70 bits per heavy atom. The van der Waals surface area contributed by atoms with Crippen molar-refractivity contribution in [2.24, 2.45) is 0 Å². The highest BCUT2D eigenvalue weighted by Crippen LogP contribution is 2.36. The van der Waals surface area contributed by atoms with Gasteiger partial charge in [-0.25, -0.2) is 14.4 Å². The third-order valence-electron chi connectivity index (χ3n) is 4.78. The van der Waals surface area contributed by atoms with Crippen LogP contribution in [0, 0.1) is 5.82 Å². The van der Waals surface area contributed by atoms with Crippen molar-refractivity contribution in [3.8, 4) is 0 Å². The molecule has 1 aromatic carbocycles. The molecule has 0 unspecified atom stereocenters. The molecule has 2 N–H and O–H groups in total. The van der Waals surface area contributed by atoms with E-state index in [2.05, 4.69) is 37.1 Å². The monoisotopic (exact) mass is 370 g/mol. The SMILES string of the molecule is C.CCCNc1ncc2nc(Nc3ccccc3F)n(C3CCCC3)c2n1. The number of para-hydroxylation sites is 1. The zero-order valence-electron chi connectivity index (χ0n) is 14.9. The predicted molar refractivity (Wildman–Crippen MR) is 108 cm³/mol. The molecule has 2 heterocycles. The summed E-state index contributed by atoms with van der Waals surface area (Å²) in [5.74, 6) is 0.934. The van der Waals surface area contributed by atoms with Crippen molar-refractivity contribution in [3.05, 3.63) is 36.3 Å². The Balaban J connectivity index is 0.00000210. The van der Waals surface area contributed by atoms with Gasteiger partial charge in [-0.05, 0) is 31.4 Å². The van der Waals surface area contributed by atoms with Crippen molar-refractivity contribution in [1.82, 2.24) is 19.5 Å². The third kappa shape index (κ3) is 3.86. The molecule has 0 bridgehead atoms. The standard InChI is InChI=1S/C19H23FN6.CH4/c1-2-11-21-18-22-12-16-17(25-18)26(13-7-3-4-8-13)19(24-16)23-15-10-6-5-9-14(15)20;/h5-6,9-10,12-13H,2-4,7-8,11H2,1H3,(H,23,24)(H,21,22,25);1H4. The van der Waals surface area contributed by atoms with Crippen LogP contribution in [-0.2, 0) is 0 Å². The Bertz CT molecular complexity index is 901. The van der Waals surface area contributed by atoms with Crippen LogP contribution in [0.5, 0.6) is 0 Å². The Hall–Kier alpha value is -2.70. The lowest BCUT2D eigenvalue weighted by molar-refractivity contribution is 0.535. The van der Waals surface area contributed by atoms with Gasteiger partial charge in [0.25, 0.3) is 0 Å². The summed E-state index contributed by atoms with van der Waals surface area (Å²) in [5.41, 5.74) is 1.93. The molecular formula is C20H27FN6. The largest absolute Gasteiger partial charge is 0.354 e. The van der Waals surface area contributed by atoms with Gasteiger partial charge >= 0.3 is 0 Å². The first-order valence-corrected chi connectivity index (χ1v) is 9.26. The first-order valence-electron chi connectivity index (χ1n) is 9.26. The quantitative estimate of drug-likeness (QED) is 0.618. The minimum absolute atomic E-state index is 0. The molecule has 4 rings (SSSR count). The molecule has 1 aliphatic rings. The van der Waals surface area contributed by atoms with Gasteiger partial charge < -0.3 is 10.6 Å². The molecule has 0 spiro atoms. The van der Waals surface area contributed by atoms with Crippen LogP contribution in [0.4, 0.5) is 22.0 Å². The summed E-state index contributed by atoms with van der Waals surface area (Å²) in [6.45, 7) is 2.92. The van der Waals surface area contributed by atoms with Crippen molar-refractivity contribution < 1.29 is 4.39 Å². The van der Waals surface area contributed by atoms with Gasteiger partial charge in [0.1, 0.15) is 11.3 Å². The lowest BCUT2D eigenvalue weighted by Crippen LogP contribution is -2.11. The van der Waals surface area contributed by atoms with Crippen molar-refractivity contribution in [1.29, 1.82) is 0 Å². The van der Waals surface area contributed by atoms with Gasteiger partial charge in [-0.1, -0.05) is 39.3 Å². The van der Waals surface area contributed by atoms with Crippen LogP contribution in [0.25, 0.3) is 11.2 Å². The first kappa shape index (κ1) is 19.1. The van der Waals surface area contributed by atoms with Crippen LogP contribution in [-0.4, -0.2) is 26.1 Å². The Labute approximate surface area is 159 Å². The van der Waals surface area contributed by atoms with E-state index in [0.717, 1.165) is 37.0 Å². The molecule has 0 saturated heterocycles. The van der Waals surface area contributed by atoms with Gasteiger partial charge in [0.05, 0.1) is 11.9 Å². The van der Waals surface area contributed by atoms with Gasteiger partial charge in [0.15, 0.2) is 5.65 Å². The van der Waals surface area contributed by atoms with Crippen molar-refractivity contribution in [2.75, 3.05) is 17.2 Å². The average molecular weight is 370 g/mol. The fourth-order valence-electron chi connectivity index (χ4n) is 3.49. The Kier molecular flexibility index (Phi) is 5.88. The second kappa shape index (κ2) is 8.33. The summed E-state index contributed by atoms with van der Waals surface area (Å²) in [7, 11) is 0. The number of halogens is 1. The molecule has 3 aromatic rings. The molecule has 1 fully saturated rings. The van der Waals surface area contributed by atoms with Crippen molar-refractivity contribution in [2.45, 2.75) is 52.5 Å². The minimum Gasteiger partial charge on any atom is -0.354 e. The van der Waals surface area contributed by atoms with E-state index in [9.17, 15) is 4.39 Å². The van der Waals surface area contributed by atoms with Crippen LogP contribution in [0.1, 0.15) is 52.5 Å². The molecular weight excluding hydrogens is 343 g/mol. The van der Waals surface area contributed by atoms with Crippen LogP contribution in [0.3, 0.4) is 0 Å². The lowest BCUT2D eigenvalue weighted by atomic mass is 10.2. The lowest BCUT2D eigenvalue weighted by Gasteiger charge is -2.17. The molecule has 0 amide bonds. The van der Waals surface area contributed by atoms with Crippen molar-refractivity contribution in [3.63, 3.8) is 0 Å². The Morgan fingerprint density at radius 2 is 1.96 bits per heavy atom. The number of nitrogens with one attached hydrogen (secondary N) is 2. The summed E-state index contributed by atoms with van der Waals surface area (Å²) in [4.78, 5) is 13.7. The number of hydrogen-bond acceptors (Lipinski definition) is 5. The highest BCUT2D eigenvalue weighted by molar-refractivity contribution is 5.76. The van der Waals surface area contributed by atoms with Gasteiger partial charge in [-0.3, -0.25) is 4.57 Å². The highest BCUT2D eigenvalue weighted by Gasteiger charge is 2.24. The zero-order valence-corrected chi connectivity index (χ0v) is 14.9. The molecule has 1 saturated carbocycles. The zero-order chi connectivity index (χ0) is 17.9. The van der Waals surface area contributed by atoms with E-state index in [1.807, 2.05) is 0 Å². The summed E-state index contributed by atoms with van der Waals surface area (Å²) in [6.07, 6.45) is 7.28. The second-order valence-corrected chi connectivity index (χ2v) is 6.68. The number of nitrogens with zero attached hydrogens (tertiary/aromatic N) is 4. The smallest absolute Gasteiger partial charge is 0.224 e. The fraction of sp³-hybridized carbons (Fsp3) is 0.450. The molecule has 27 heavy (non-hydrogen) atoms. The van der Waals surface area contributed by atoms with Crippen molar-refractivity contribution >= 4 is 28.7 Å². The number of anilines is 3. The predicted octanol–water partition coefficient (Wildman–Crippen LogP) is 5.28. The van der Waals surface area contributed by atoms with Crippen LogP contribution >= 0.6 is 0 Å². The van der Waals surface area contributed by atoms with E-state index in [1.165, 1.54) is 18.9 Å². The average Bonchev–Trinajstić information content (AvgIpc) is 3.28. The normalized spacial score (nSPS) is 14.3. The summed E-state index contributed by atoms with van der Waals surface area (Å²) in [6, 6.07) is 6.96. The molecule has 2 aromatic heterocycles. The van der Waals surface area contributed by atoms with Crippen LogP contribution in [0.2, 0.25) is 0 Å². The maximum absolute atomic E-state index is 14.1. The molecule has 1 aliphatic carbocycles. The number of imidazole rings is 1. The molecule has 7 heteroatoms. The molecule has 6 nitrogen and oxygen atoms in total. The number of rotatable bonds is 6. The number of fused-ring (bicyclic) bond motifs is 1. The molecule has 144 valence electrons. The van der Waals surface area contributed by atoms with E-state index in [1.54, 1.807) is 24.4 Å². The third-order valence-corrected chi connectivity index (χ3v) is 4.78. The number of aromatic nitrogens is 4. The van der Waals surface area contributed by atoms with E-state index in [-0.39, 0.29) is 13.2 Å². The van der Waals surface area contributed by atoms with E-state index in [0.29, 0.717) is 23.6 Å². The number of hydrogen-bond donors (Lipinski definition) is 2. The molecule has 0 radical (unpaired) electrons. The van der Waals surface area contributed by atoms with Gasteiger partial charge in [-0.15, -0.1) is 0 Å². The summed E-state index contributed by atoms with van der Waals surface area (Å²) in [5, 5.41) is 6.39.